The first kappa shape index (κ1) is 24.4. The van der Waals surface area contributed by atoms with Gasteiger partial charge in [-0.2, -0.15) is 10.1 Å². The summed E-state index contributed by atoms with van der Waals surface area (Å²) < 4.78 is 6.55. The minimum atomic E-state index is -0.303. The molecule has 1 fully saturated rings. The predicted octanol–water partition coefficient (Wildman–Crippen LogP) is 3.54. The summed E-state index contributed by atoms with van der Waals surface area (Å²) in [5.74, 6) is -0.152. The summed E-state index contributed by atoms with van der Waals surface area (Å²) in [5, 5.41) is 8.42. The highest BCUT2D eigenvalue weighted by atomic mass is 16.5. The van der Waals surface area contributed by atoms with Crippen LogP contribution < -0.4 is 10.5 Å². The van der Waals surface area contributed by atoms with E-state index in [1.54, 1.807) is 11.0 Å². The van der Waals surface area contributed by atoms with Crippen LogP contribution in [0.15, 0.2) is 57.8 Å². The highest BCUT2D eigenvalue weighted by Crippen LogP contribution is 2.23. The monoisotopic (exact) mass is 498 g/mol. The van der Waals surface area contributed by atoms with Gasteiger partial charge in [0, 0.05) is 43.5 Å². The van der Waals surface area contributed by atoms with Crippen molar-refractivity contribution in [2.75, 3.05) is 31.1 Å². The molecule has 0 atom stereocenters. The first-order valence-corrected chi connectivity index (χ1v) is 12.4. The zero-order valence-electron chi connectivity index (χ0n) is 21.6. The standard InChI is InChI=1S/C28H30N6O3/c1-18-5-9-24(21(4)15-18)32-11-13-33(14-12-32)28(36)27-29-25(31-37-27)17-34-26(35)10-8-23(30-34)22-7-6-19(2)20(3)16-22/h5-10,15-16H,11-14,17H2,1-4H3. The van der Waals surface area contributed by atoms with Crippen molar-refractivity contribution >= 4 is 11.6 Å². The Morgan fingerprint density at radius 1 is 0.892 bits per heavy atom. The fraction of sp³-hybridized carbons (Fsp3) is 0.321. The molecule has 0 aliphatic carbocycles. The summed E-state index contributed by atoms with van der Waals surface area (Å²) in [7, 11) is 0. The fourth-order valence-corrected chi connectivity index (χ4v) is 4.60. The van der Waals surface area contributed by atoms with Crippen molar-refractivity contribution in [2.24, 2.45) is 0 Å². The Kier molecular flexibility index (Phi) is 6.60. The SMILES string of the molecule is Cc1ccc(N2CCN(C(=O)c3nc(Cn4nc(-c5ccc(C)c(C)c5)ccc4=O)no3)CC2)c(C)c1. The number of nitrogens with zero attached hydrogens (tertiary/aromatic N) is 6. The zero-order valence-corrected chi connectivity index (χ0v) is 21.6. The molecule has 9 heteroatoms. The molecule has 0 N–H and O–H groups in total. The van der Waals surface area contributed by atoms with Gasteiger partial charge in [0.1, 0.15) is 6.54 Å². The Labute approximate surface area is 215 Å². The molecule has 4 aromatic rings. The van der Waals surface area contributed by atoms with Gasteiger partial charge in [0.05, 0.1) is 5.69 Å². The van der Waals surface area contributed by atoms with Crippen molar-refractivity contribution in [3.8, 4) is 11.3 Å². The van der Waals surface area contributed by atoms with Crippen LogP contribution >= 0.6 is 0 Å². The number of carbonyl (C=O) groups excluding carboxylic acids is 1. The van der Waals surface area contributed by atoms with E-state index in [4.69, 9.17) is 4.52 Å². The molecule has 0 bridgehead atoms. The lowest BCUT2D eigenvalue weighted by atomic mass is 10.0. The molecule has 1 aliphatic heterocycles. The second kappa shape index (κ2) is 10.0. The van der Waals surface area contributed by atoms with Crippen LogP contribution in [0.4, 0.5) is 5.69 Å². The molecule has 190 valence electrons. The van der Waals surface area contributed by atoms with Crippen molar-refractivity contribution in [3.63, 3.8) is 0 Å². The number of aryl methyl sites for hydroxylation is 4. The van der Waals surface area contributed by atoms with E-state index in [0.29, 0.717) is 18.8 Å². The molecular weight excluding hydrogens is 468 g/mol. The molecule has 1 saturated heterocycles. The maximum atomic E-state index is 13.0. The number of carbonyl (C=O) groups is 1. The molecule has 0 unspecified atom stereocenters. The minimum absolute atomic E-state index is 0.00871. The third kappa shape index (κ3) is 5.16. The van der Waals surface area contributed by atoms with Gasteiger partial charge in [-0.3, -0.25) is 9.59 Å². The molecule has 1 aliphatic rings. The van der Waals surface area contributed by atoms with Crippen LogP contribution in [0.25, 0.3) is 11.3 Å². The Balaban J connectivity index is 1.26. The summed E-state index contributed by atoms with van der Waals surface area (Å²) in [6.45, 7) is 10.9. The van der Waals surface area contributed by atoms with E-state index in [1.165, 1.54) is 33.1 Å². The third-order valence-corrected chi connectivity index (χ3v) is 6.87. The molecule has 1 amide bonds. The van der Waals surface area contributed by atoms with Crippen LogP contribution in [0.3, 0.4) is 0 Å². The molecule has 0 spiro atoms. The minimum Gasteiger partial charge on any atom is -0.368 e. The van der Waals surface area contributed by atoms with Gasteiger partial charge in [-0.1, -0.05) is 35.0 Å². The molecule has 3 heterocycles. The first-order chi connectivity index (χ1) is 17.8. The van der Waals surface area contributed by atoms with E-state index in [0.717, 1.165) is 24.2 Å². The fourth-order valence-electron chi connectivity index (χ4n) is 4.60. The van der Waals surface area contributed by atoms with Crippen LogP contribution in [0.5, 0.6) is 0 Å². The van der Waals surface area contributed by atoms with E-state index < -0.39 is 0 Å². The second-order valence-corrected chi connectivity index (χ2v) is 9.60. The van der Waals surface area contributed by atoms with Gasteiger partial charge < -0.3 is 14.3 Å². The number of aromatic nitrogens is 4. The first-order valence-electron chi connectivity index (χ1n) is 12.4. The summed E-state index contributed by atoms with van der Waals surface area (Å²) >= 11 is 0. The van der Waals surface area contributed by atoms with Crippen LogP contribution in [0, 0.1) is 27.7 Å². The topological polar surface area (TPSA) is 97.4 Å². The number of benzene rings is 2. The summed E-state index contributed by atoms with van der Waals surface area (Å²) in [5.41, 5.74) is 7.29. The van der Waals surface area contributed by atoms with Gasteiger partial charge >= 0.3 is 11.8 Å². The molecule has 0 saturated carbocycles. The van der Waals surface area contributed by atoms with Gasteiger partial charge in [0.25, 0.3) is 5.56 Å². The predicted molar refractivity (Wildman–Crippen MR) is 141 cm³/mol. The van der Waals surface area contributed by atoms with Crippen LogP contribution in [0.2, 0.25) is 0 Å². The summed E-state index contributed by atoms with van der Waals surface area (Å²) in [4.78, 5) is 33.7. The van der Waals surface area contributed by atoms with Crippen LogP contribution in [0.1, 0.15) is 38.8 Å². The normalized spacial score (nSPS) is 13.7. The lowest BCUT2D eigenvalue weighted by molar-refractivity contribution is 0.0696. The van der Waals surface area contributed by atoms with Crippen molar-refractivity contribution in [2.45, 2.75) is 34.2 Å². The van der Waals surface area contributed by atoms with Crippen molar-refractivity contribution in [3.05, 3.63) is 92.9 Å². The van der Waals surface area contributed by atoms with Gasteiger partial charge in [-0.05, 0) is 62.6 Å². The summed E-state index contributed by atoms with van der Waals surface area (Å²) in [6.07, 6.45) is 0. The van der Waals surface area contributed by atoms with Gasteiger partial charge in [-0.25, -0.2) is 4.68 Å². The number of hydrogen-bond donors (Lipinski definition) is 0. The highest BCUT2D eigenvalue weighted by molar-refractivity contribution is 5.89. The summed E-state index contributed by atoms with van der Waals surface area (Å²) in [6, 6.07) is 15.6. The van der Waals surface area contributed by atoms with Gasteiger partial charge in [0.2, 0.25) is 0 Å². The van der Waals surface area contributed by atoms with E-state index in [-0.39, 0.29) is 29.7 Å². The highest BCUT2D eigenvalue weighted by Gasteiger charge is 2.27. The number of rotatable bonds is 5. The molecular formula is C28H30N6O3. The molecule has 9 nitrogen and oxygen atoms in total. The van der Waals surface area contributed by atoms with Crippen molar-refractivity contribution in [1.29, 1.82) is 0 Å². The van der Waals surface area contributed by atoms with Crippen LogP contribution in [-0.4, -0.2) is 56.9 Å². The number of piperazine rings is 1. The van der Waals surface area contributed by atoms with E-state index >= 15 is 0 Å². The van der Waals surface area contributed by atoms with Gasteiger partial charge in [-0.15, -0.1) is 0 Å². The van der Waals surface area contributed by atoms with E-state index in [9.17, 15) is 9.59 Å². The molecule has 2 aromatic heterocycles. The molecule has 0 radical (unpaired) electrons. The smallest absolute Gasteiger partial charge is 0.316 e. The van der Waals surface area contributed by atoms with E-state index in [2.05, 4.69) is 52.2 Å². The Morgan fingerprint density at radius 2 is 1.68 bits per heavy atom. The Morgan fingerprint density at radius 3 is 2.41 bits per heavy atom. The number of anilines is 1. The maximum absolute atomic E-state index is 13.0. The molecule has 37 heavy (non-hydrogen) atoms. The molecule has 2 aromatic carbocycles. The Bertz CT molecular complexity index is 1510. The average molecular weight is 499 g/mol. The van der Waals surface area contributed by atoms with Crippen molar-refractivity contribution < 1.29 is 9.32 Å². The largest absolute Gasteiger partial charge is 0.368 e. The van der Waals surface area contributed by atoms with E-state index in [1.807, 2.05) is 32.0 Å². The zero-order chi connectivity index (χ0) is 26.1. The maximum Gasteiger partial charge on any atom is 0.316 e. The second-order valence-electron chi connectivity index (χ2n) is 9.60. The number of hydrogen-bond acceptors (Lipinski definition) is 7. The lowest BCUT2D eigenvalue weighted by Gasteiger charge is -2.36. The van der Waals surface area contributed by atoms with Crippen LogP contribution in [-0.2, 0) is 6.54 Å². The average Bonchev–Trinajstić information content (AvgIpc) is 3.35. The lowest BCUT2D eigenvalue weighted by Crippen LogP contribution is -2.49. The number of amides is 1. The van der Waals surface area contributed by atoms with Gasteiger partial charge in [0.15, 0.2) is 5.82 Å². The quantitative estimate of drug-likeness (QED) is 0.415. The molecule has 5 rings (SSSR count). The van der Waals surface area contributed by atoms with Crippen molar-refractivity contribution in [1.82, 2.24) is 24.8 Å². The third-order valence-electron chi connectivity index (χ3n) is 6.87. The Hall–Kier alpha value is -4.27.